The highest BCUT2D eigenvalue weighted by molar-refractivity contribution is 6.30. The summed E-state index contributed by atoms with van der Waals surface area (Å²) in [5.74, 6) is 0.357. The van der Waals surface area contributed by atoms with Crippen LogP contribution >= 0.6 is 11.6 Å². The van der Waals surface area contributed by atoms with Gasteiger partial charge in [0.15, 0.2) is 5.82 Å². The number of carbonyl (C=O) groups is 1. The first-order valence-corrected chi connectivity index (χ1v) is 11.1. The number of rotatable bonds is 6. The summed E-state index contributed by atoms with van der Waals surface area (Å²) in [6.07, 6.45) is 1.84. The van der Waals surface area contributed by atoms with Crippen LogP contribution in [0, 0.1) is 13.8 Å². The fraction of sp³-hybridized carbons (Fsp3) is 0.280. The average Bonchev–Trinajstić information content (AvgIpc) is 3.15. The van der Waals surface area contributed by atoms with Gasteiger partial charge in [-0.3, -0.25) is 9.48 Å². The van der Waals surface area contributed by atoms with E-state index in [0.29, 0.717) is 29.6 Å². The first-order chi connectivity index (χ1) is 15.4. The van der Waals surface area contributed by atoms with Crippen LogP contribution in [-0.4, -0.2) is 37.1 Å². The Bertz CT molecular complexity index is 1300. The normalized spacial score (nSPS) is 11.2. The highest BCUT2D eigenvalue weighted by atomic mass is 35.5. The summed E-state index contributed by atoms with van der Waals surface area (Å²) in [5, 5.41) is 5.77. The fourth-order valence-corrected chi connectivity index (χ4v) is 3.99. The van der Waals surface area contributed by atoms with Crippen molar-refractivity contribution < 1.29 is 4.79 Å². The third-order valence-corrected chi connectivity index (χ3v) is 5.91. The molecule has 4 rings (SSSR count). The van der Waals surface area contributed by atoms with Gasteiger partial charge >= 0.3 is 0 Å². The maximum atomic E-state index is 13.7. The molecule has 2 aromatic carbocycles. The van der Waals surface area contributed by atoms with E-state index in [1.165, 1.54) is 0 Å². The molecule has 2 heterocycles. The van der Waals surface area contributed by atoms with Gasteiger partial charge in [-0.15, -0.1) is 0 Å². The van der Waals surface area contributed by atoms with E-state index in [1.807, 2.05) is 68.0 Å². The summed E-state index contributed by atoms with van der Waals surface area (Å²) in [6.45, 7) is 9.89. The summed E-state index contributed by atoms with van der Waals surface area (Å²) in [4.78, 5) is 25.0. The second kappa shape index (κ2) is 9.09. The molecule has 1 amide bonds. The molecule has 0 N–H and O–H groups in total. The molecule has 0 saturated heterocycles. The molecule has 0 radical (unpaired) electrons. The van der Waals surface area contributed by atoms with Gasteiger partial charge < -0.3 is 4.90 Å². The quantitative estimate of drug-likeness (QED) is 0.394. The SMILES string of the molecule is CCN(Cc1cnn(CC)c1C)C(=O)c1nc(-c2cccc(Cl)c2)nc2ccc(C)cc12. The molecule has 0 aliphatic carbocycles. The van der Waals surface area contributed by atoms with Crippen LogP contribution in [-0.2, 0) is 13.1 Å². The van der Waals surface area contributed by atoms with Crippen LogP contribution in [0.4, 0.5) is 0 Å². The number of benzene rings is 2. The molecule has 0 fully saturated rings. The number of amides is 1. The summed E-state index contributed by atoms with van der Waals surface area (Å²) in [6, 6.07) is 13.3. The zero-order valence-electron chi connectivity index (χ0n) is 18.8. The minimum absolute atomic E-state index is 0.127. The van der Waals surface area contributed by atoms with E-state index in [-0.39, 0.29) is 5.91 Å². The molecule has 0 aliphatic heterocycles. The van der Waals surface area contributed by atoms with Crippen molar-refractivity contribution in [3.63, 3.8) is 0 Å². The van der Waals surface area contributed by atoms with Crippen molar-refractivity contribution in [1.29, 1.82) is 0 Å². The van der Waals surface area contributed by atoms with E-state index < -0.39 is 0 Å². The largest absolute Gasteiger partial charge is 0.333 e. The number of carbonyl (C=O) groups excluding carboxylic acids is 1. The van der Waals surface area contributed by atoms with E-state index in [0.717, 1.165) is 39.8 Å². The van der Waals surface area contributed by atoms with Gasteiger partial charge in [0.25, 0.3) is 5.91 Å². The van der Waals surface area contributed by atoms with Gasteiger partial charge in [0.2, 0.25) is 0 Å². The van der Waals surface area contributed by atoms with E-state index in [2.05, 4.69) is 12.0 Å². The number of nitrogens with zero attached hydrogens (tertiary/aromatic N) is 5. The predicted molar refractivity (Wildman–Crippen MR) is 128 cm³/mol. The Labute approximate surface area is 192 Å². The molecule has 6 nitrogen and oxygen atoms in total. The molecule has 0 saturated carbocycles. The van der Waals surface area contributed by atoms with Crippen LogP contribution in [0.1, 0.15) is 41.2 Å². The van der Waals surface area contributed by atoms with E-state index in [9.17, 15) is 4.79 Å². The van der Waals surface area contributed by atoms with Crippen molar-refractivity contribution in [3.05, 3.63) is 76.2 Å². The molecule has 4 aromatic rings. The van der Waals surface area contributed by atoms with E-state index >= 15 is 0 Å². The van der Waals surface area contributed by atoms with Crippen molar-refractivity contribution in [3.8, 4) is 11.4 Å². The Balaban J connectivity index is 1.80. The summed E-state index contributed by atoms with van der Waals surface area (Å²) in [7, 11) is 0. The van der Waals surface area contributed by atoms with Crippen LogP contribution in [0.25, 0.3) is 22.3 Å². The van der Waals surface area contributed by atoms with E-state index in [1.54, 1.807) is 11.0 Å². The Morgan fingerprint density at radius 2 is 1.91 bits per heavy atom. The number of aryl methyl sites for hydroxylation is 2. The molecular weight excluding hydrogens is 422 g/mol. The summed E-state index contributed by atoms with van der Waals surface area (Å²) in [5.41, 5.74) is 5.06. The van der Waals surface area contributed by atoms with Crippen LogP contribution in [0.15, 0.2) is 48.7 Å². The molecule has 2 aromatic heterocycles. The van der Waals surface area contributed by atoms with Gasteiger partial charge in [-0.1, -0.05) is 35.4 Å². The molecular formula is C25H26ClN5O. The van der Waals surface area contributed by atoms with Crippen molar-refractivity contribution in [2.24, 2.45) is 0 Å². The zero-order valence-corrected chi connectivity index (χ0v) is 19.5. The highest BCUT2D eigenvalue weighted by Gasteiger charge is 2.22. The molecule has 0 aliphatic rings. The molecule has 32 heavy (non-hydrogen) atoms. The lowest BCUT2D eigenvalue weighted by atomic mass is 10.1. The Morgan fingerprint density at radius 1 is 1.09 bits per heavy atom. The number of hydrogen-bond acceptors (Lipinski definition) is 4. The van der Waals surface area contributed by atoms with Crippen molar-refractivity contribution >= 4 is 28.4 Å². The van der Waals surface area contributed by atoms with Crippen molar-refractivity contribution in [2.45, 2.75) is 40.8 Å². The van der Waals surface area contributed by atoms with Gasteiger partial charge in [0.05, 0.1) is 11.7 Å². The first-order valence-electron chi connectivity index (χ1n) is 10.8. The van der Waals surface area contributed by atoms with Gasteiger partial charge in [-0.05, 0) is 52.0 Å². The number of hydrogen-bond donors (Lipinski definition) is 0. The minimum Gasteiger partial charge on any atom is -0.333 e. The smallest absolute Gasteiger partial charge is 0.273 e. The molecule has 0 unspecified atom stereocenters. The van der Waals surface area contributed by atoms with Crippen LogP contribution in [0.5, 0.6) is 0 Å². The molecule has 7 heteroatoms. The number of halogens is 1. The summed E-state index contributed by atoms with van der Waals surface area (Å²) < 4.78 is 1.94. The van der Waals surface area contributed by atoms with Gasteiger partial charge in [0, 0.05) is 46.9 Å². The van der Waals surface area contributed by atoms with Crippen molar-refractivity contribution in [1.82, 2.24) is 24.6 Å². The van der Waals surface area contributed by atoms with Crippen LogP contribution in [0.3, 0.4) is 0 Å². The third kappa shape index (κ3) is 4.23. The maximum Gasteiger partial charge on any atom is 0.273 e. The molecule has 0 atom stereocenters. The van der Waals surface area contributed by atoms with Crippen molar-refractivity contribution in [2.75, 3.05) is 6.54 Å². The van der Waals surface area contributed by atoms with Gasteiger partial charge in [-0.2, -0.15) is 5.10 Å². The Morgan fingerprint density at radius 3 is 2.59 bits per heavy atom. The van der Waals surface area contributed by atoms with E-state index in [4.69, 9.17) is 21.6 Å². The Hall–Kier alpha value is -3.25. The standard InChI is InChI=1S/C25H26ClN5O/c1-5-30(15-19-14-27-31(6-2)17(19)4)25(32)23-21-12-16(3)10-11-22(21)28-24(29-23)18-8-7-9-20(26)13-18/h7-14H,5-6,15H2,1-4H3. The lowest BCUT2D eigenvalue weighted by Gasteiger charge is -2.21. The topological polar surface area (TPSA) is 63.9 Å². The second-order valence-electron chi connectivity index (χ2n) is 7.82. The first kappa shape index (κ1) is 22.0. The molecule has 0 spiro atoms. The third-order valence-electron chi connectivity index (χ3n) is 5.67. The van der Waals surface area contributed by atoms with Gasteiger partial charge in [-0.25, -0.2) is 9.97 Å². The minimum atomic E-state index is -0.127. The average molecular weight is 448 g/mol. The predicted octanol–water partition coefficient (Wildman–Crippen LogP) is 5.45. The van der Waals surface area contributed by atoms with Crippen LogP contribution in [0.2, 0.25) is 5.02 Å². The fourth-order valence-electron chi connectivity index (χ4n) is 3.80. The second-order valence-corrected chi connectivity index (χ2v) is 8.25. The Kier molecular flexibility index (Phi) is 6.24. The van der Waals surface area contributed by atoms with Gasteiger partial charge in [0.1, 0.15) is 5.69 Å². The zero-order chi connectivity index (χ0) is 22.8. The monoisotopic (exact) mass is 447 g/mol. The lowest BCUT2D eigenvalue weighted by molar-refractivity contribution is 0.0748. The lowest BCUT2D eigenvalue weighted by Crippen LogP contribution is -2.31. The summed E-state index contributed by atoms with van der Waals surface area (Å²) >= 11 is 6.19. The maximum absolute atomic E-state index is 13.7. The van der Waals surface area contributed by atoms with Crippen LogP contribution < -0.4 is 0 Å². The molecule has 0 bridgehead atoms. The molecule has 164 valence electrons. The number of fused-ring (bicyclic) bond motifs is 1. The number of aromatic nitrogens is 4. The highest BCUT2D eigenvalue weighted by Crippen LogP contribution is 2.26.